The number of ether oxygens (including phenoxy) is 2. The van der Waals surface area contributed by atoms with Crippen LogP contribution in [0.3, 0.4) is 0 Å². The van der Waals surface area contributed by atoms with Gasteiger partial charge in [0, 0.05) is 16.6 Å². The molecule has 2 N–H and O–H groups in total. The number of methoxy groups -OCH3 is 1. The number of carbonyl (C=O) groups is 3. The van der Waals surface area contributed by atoms with Gasteiger partial charge in [-0.2, -0.15) is 0 Å². The molecule has 1 aliphatic carbocycles. The first-order valence-corrected chi connectivity index (χ1v) is 12.0. The number of hydrogen-bond acceptors (Lipinski definition) is 6. The van der Waals surface area contributed by atoms with E-state index < -0.39 is 24.1 Å². The van der Waals surface area contributed by atoms with E-state index in [0.29, 0.717) is 10.5 Å². The molecule has 7 nitrogen and oxygen atoms in total. The maximum Gasteiger partial charge on any atom is 0.407 e. The lowest BCUT2D eigenvalue weighted by atomic mass is 9.98. The summed E-state index contributed by atoms with van der Waals surface area (Å²) >= 11 is 1.15. The third-order valence-electron chi connectivity index (χ3n) is 5.88. The van der Waals surface area contributed by atoms with Crippen molar-refractivity contribution in [3.8, 4) is 11.1 Å². The normalized spacial score (nSPS) is 12.9. The average Bonchev–Trinajstić information content (AvgIpc) is 3.18. The predicted octanol–water partition coefficient (Wildman–Crippen LogP) is 4.87. The van der Waals surface area contributed by atoms with Gasteiger partial charge in [0.2, 0.25) is 0 Å². The Hall–Kier alpha value is -3.78. The Labute approximate surface area is 207 Å². The molecule has 0 fully saturated rings. The number of esters is 1. The number of benzene rings is 3. The van der Waals surface area contributed by atoms with Gasteiger partial charge in [0.05, 0.1) is 12.7 Å². The maximum atomic E-state index is 12.5. The van der Waals surface area contributed by atoms with Crippen LogP contribution in [-0.4, -0.2) is 48.6 Å². The van der Waals surface area contributed by atoms with Gasteiger partial charge in [0.15, 0.2) is 0 Å². The van der Waals surface area contributed by atoms with Crippen LogP contribution in [0.5, 0.6) is 0 Å². The highest BCUT2D eigenvalue weighted by Gasteiger charge is 2.30. The Balaban J connectivity index is 1.40. The molecule has 0 radical (unpaired) electrons. The van der Waals surface area contributed by atoms with Crippen LogP contribution in [0.15, 0.2) is 71.6 Å². The predicted molar refractivity (Wildman–Crippen MR) is 133 cm³/mol. The van der Waals surface area contributed by atoms with Crippen molar-refractivity contribution in [2.24, 2.45) is 0 Å². The molecule has 0 saturated carbocycles. The zero-order chi connectivity index (χ0) is 24.9. The second-order valence-electron chi connectivity index (χ2n) is 8.16. The van der Waals surface area contributed by atoms with Crippen molar-refractivity contribution in [3.05, 3.63) is 89.0 Å². The van der Waals surface area contributed by atoms with Crippen molar-refractivity contribution in [2.45, 2.75) is 23.8 Å². The fourth-order valence-corrected chi connectivity index (χ4v) is 5.20. The fourth-order valence-electron chi connectivity index (χ4n) is 4.17. The van der Waals surface area contributed by atoms with Crippen LogP contribution in [0, 0.1) is 6.92 Å². The summed E-state index contributed by atoms with van der Waals surface area (Å²) in [7, 11) is 1.29. The molecule has 35 heavy (non-hydrogen) atoms. The van der Waals surface area contributed by atoms with Gasteiger partial charge in [-0.3, -0.25) is 0 Å². The quantitative estimate of drug-likeness (QED) is 0.343. The summed E-state index contributed by atoms with van der Waals surface area (Å²) in [6.45, 7) is 1.93. The molecular weight excluding hydrogens is 466 g/mol. The van der Waals surface area contributed by atoms with Crippen LogP contribution in [0.1, 0.15) is 33.0 Å². The molecule has 8 heteroatoms. The number of aryl methyl sites for hydroxylation is 1. The van der Waals surface area contributed by atoms with E-state index in [9.17, 15) is 19.5 Å². The number of amides is 1. The molecule has 0 saturated heterocycles. The van der Waals surface area contributed by atoms with Gasteiger partial charge in [0.1, 0.15) is 12.6 Å². The molecule has 1 atom stereocenters. The molecule has 1 aliphatic rings. The van der Waals surface area contributed by atoms with Crippen molar-refractivity contribution in [3.63, 3.8) is 0 Å². The standard InChI is InChI=1S/C27H25NO6S/c1-16-11-12-24(21(13-16)26(31)33-2)35-15-23(25(29)30)28-27(32)34-14-22-19-9-5-3-7-17(19)18-8-4-6-10-20(18)22/h3-13,22-23H,14-15H2,1-2H3,(H,28,32)(H,29,30). The second kappa shape index (κ2) is 10.7. The van der Waals surface area contributed by atoms with Crippen molar-refractivity contribution in [1.29, 1.82) is 0 Å². The Morgan fingerprint density at radius 2 is 1.63 bits per heavy atom. The average molecular weight is 492 g/mol. The first-order chi connectivity index (χ1) is 16.9. The van der Waals surface area contributed by atoms with Crippen LogP contribution in [0.2, 0.25) is 0 Å². The van der Waals surface area contributed by atoms with Crippen LogP contribution in [0.4, 0.5) is 4.79 Å². The number of carboxylic acids is 1. The van der Waals surface area contributed by atoms with E-state index in [1.807, 2.05) is 61.5 Å². The number of aliphatic carboxylic acids is 1. The summed E-state index contributed by atoms with van der Waals surface area (Å²) in [6.07, 6.45) is -0.808. The Kier molecular flexibility index (Phi) is 7.41. The first-order valence-electron chi connectivity index (χ1n) is 11.0. The van der Waals surface area contributed by atoms with Gasteiger partial charge >= 0.3 is 18.0 Å². The molecule has 0 spiro atoms. The summed E-state index contributed by atoms with van der Waals surface area (Å²) in [6, 6.07) is 20.0. The summed E-state index contributed by atoms with van der Waals surface area (Å²) in [5, 5.41) is 12.1. The lowest BCUT2D eigenvalue weighted by molar-refractivity contribution is -0.138. The van der Waals surface area contributed by atoms with Crippen LogP contribution < -0.4 is 5.32 Å². The van der Waals surface area contributed by atoms with Gasteiger partial charge in [-0.05, 0) is 41.3 Å². The van der Waals surface area contributed by atoms with E-state index in [-0.39, 0.29) is 18.3 Å². The number of nitrogens with one attached hydrogen (secondary N) is 1. The summed E-state index contributed by atoms with van der Waals surface area (Å²) < 4.78 is 10.3. The van der Waals surface area contributed by atoms with Crippen molar-refractivity contribution < 1.29 is 29.0 Å². The van der Waals surface area contributed by atoms with Gasteiger partial charge < -0.3 is 19.9 Å². The largest absolute Gasteiger partial charge is 0.480 e. The highest BCUT2D eigenvalue weighted by molar-refractivity contribution is 7.99. The Morgan fingerprint density at radius 1 is 1.00 bits per heavy atom. The molecule has 1 amide bonds. The van der Waals surface area contributed by atoms with Crippen LogP contribution in [-0.2, 0) is 14.3 Å². The monoisotopic (exact) mass is 491 g/mol. The van der Waals surface area contributed by atoms with E-state index in [0.717, 1.165) is 39.6 Å². The van der Waals surface area contributed by atoms with E-state index in [4.69, 9.17) is 9.47 Å². The number of alkyl carbamates (subject to hydrolysis) is 1. The number of hydrogen-bond donors (Lipinski definition) is 2. The van der Waals surface area contributed by atoms with E-state index in [2.05, 4.69) is 5.32 Å². The van der Waals surface area contributed by atoms with Gasteiger partial charge in [0.25, 0.3) is 0 Å². The molecule has 0 aromatic heterocycles. The smallest absolute Gasteiger partial charge is 0.407 e. The lowest BCUT2D eigenvalue weighted by Crippen LogP contribution is -2.43. The third kappa shape index (κ3) is 5.33. The minimum atomic E-state index is -1.21. The molecule has 1 unspecified atom stereocenters. The van der Waals surface area contributed by atoms with E-state index in [1.165, 1.54) is 7.11 Å². The topological polar surface area (TPSA) is 102 Å². The van der Waals surface area contributed by atoms with Crippen molar-refractivity contribution >= 4 is 29.8 Å². The summed E-state index contributed by atoms with van der Waals surface area (Å²) in [4.78, 5) is 37.0. The van der Waals surface area contributed by atoms with Crippen LogP contribution in [0.25, 0.3) is 11.1 Å². The molecule has 3 aromatic carbocycles. The summed E-state index contributed by atoms with van der Waals surface area (Å²) in [5.41, 5.74) is 5.58. The minimum Gasteiger partial charge on any atom is -0.480 e. The molecule has 0 heterocycles. The third-order valence-corrected chi connectivity index (χ3v) is 7.05. The lowest BCUT2D eigenvalue weighted by Gasteiger charge is -2.18. The van der Waals surface area contributed by atoms with Gasteiger partial charge in [-0.25, -0.2) is 14.4 Å². The van der Waals surface area contributed by atoms with Crippen molar-refractivity contribution in [1.82, 2.24) is 5.32 Å². The zero-order valence-electron chi connectivity index (χ0n) is 19.3. The number of rotatable bonds is 8. The Morgan fingerprint density at radius 3 is 2.23 bits per heavy atom. The number of thioether (sulfide) groups is 1. The Bertz CT molecular complexity index is 1230. The highest BCUT2D eigenvalue weighted by atomic mass is 32.2. The molecular formula is C27H25NO6S. The van der Waals surface area contributed by atoms with Gasteiger partial charge in [-0.15, -0.1) is 11.8 Å². The molecule has 3 aromatic rings. The SMILES string of the molecule is COC(=O)c1cc(C)ccc1SCC(NC(=O)OCC1c2ccccc2-c2ccccc21)C(=O)O. The maximum absolute atomic E-state index is 12.5. The highest BCUT2D eigenvalue weighted by Crippen LogP contribution is 2.44. The first kappa shape index (κ1) is 24.3. The summed E-state index contributed by atoms with van der Waals surface area (Å²) in [5.74, 6) is -1.82. The van der Waals surface area contributed by atoms with Gasteiger partial charge in [-0.1, -0.05) is 60.2 Å². The number of fused-ring (bicyclic) bond motifs is 3. The minimum absolute atomic E-state index is 0.00653. The van der Waals surface area contributed by atoms with E-state index in [1.54, 1.807) is 12.1 Å². The number of carboxylic acid groups (broad SMARTS) is 1. The van der Waals surface area contributed by atoms with E-state index >= 15 is 0 Å². The molecule has 4 rings (SSSR count). The molecule has 0 aliphatic heterocycles. The molecule has 180 valence electrons. The number of carbonyl (C=O) groups excluding carboxylic acids is 2. The van der Waals surface area contributed by atoms with Crippen LogP contribution >= 0.6 is 11.8 Å². The molecule has 0 bridgehead atoms. The van der Waals surface area contributed by atoms with Crippen molar-refractivity contribution in [2.75, 3.05) is 19.5 Å². The fraction of sp³-hybridized carbons (Fsp3) is 0.222. The zero-order valence-corrected chi connectivity index (χ0v) is 20.1. The second-order valence-corrected chi connectivity index (χ2v) is 9.22.